The summed E-state index contributed by atoms with van der Waals surface area (Å²) in [6.45, 7) is 4.41. The molecule has 0 aromatic heterocycles. The van der Waals surface area contributed by atoms with E-state index in [0.29, 0.717) is 6.10 Å². The number of rotatable bonds is 6. The van der Waals surface area contributed by atoms with Crippen LogP contribution in [-0.4, -0.2) is 42.3 Å². The fraction of sp³-hybridized carbons (Fsp3) is 0.562. The van der Waals surface area contributed by atoms with Crippen molar-refractivity contribution in [2.45, 2.75) is 38.3 Å². The van der Waals surface area contributed by atoms with Crippen molar-refractivity contribution in [3.63, 3.8) is 0 Å². The Morgan fingerprint density at radius 3 is 2.70 bits per heavy atom. The van der Waals surface area contributed by atoms with Crippen LogP contribution in [-0.2, 0) is 16.1 Å². The van der Waals surface area contributed by atoms with E-state index >= 15 is 0 Å². The first-order valence-electron chi connectivity index (χ1n) is 7.18. The maximum Gasteiger partial charge on any atom is 0.310 e. The number of hydrogen-bond acceptors (Lipinski definition) is 3. The van der Waals surface area contributed by atoms with Crippen LogP contribution in [0.4, 0.5) is 0 Å². The van der Waals surface area contributed by atoms with Gasteiger partial charge in [-0.25, -0.2) is 0 Å². The monoisotopic (exact) mass is 277 g/mol. The molecule has 1 heterocycles. The minimum Gasteiger partial charge on any atom is -0.481 e. The highest BCUT2D eigenvalue weighted by atomic mass is 16.5. The molecular formula is C16H23NO3. The highest BCUT2D eigenvalue weighted by Crippen LogP contribution is 2.17. The second kappa shape index (κ2) is 6.86. The van der Waals surface area contributed by atoms with Crippen LogP contribution in [0.3, 0.4) is 0 Å². The number of likely N-dealkylation sites (N-methyl/N-ethyl adjacent to an activating group) is 1. The summed E-state index contributed by atoms with van der Waals surface area (Å²) in [5.41, 5.74) is 2.05. The quantitative estimate of drug-likeness (QED) is 0.868. The van der Waals surface area contributed by atoms with Crippen molar-refractivity contribution in [3.8, 4) is 0 Å². The topological polar surface area (TPSA) is 49.8 Å². The van der Waals surface area contributed by atoms with Crippen LogP contribution in [0.1, 0.15) is 36.8 Å². The number of hydrogen-bond donors (Lipinski definition) is 1. The molecule has 0 saturated carbocycles. The second-order valence-corrected chi connectivity index (χ2v) is 5.63. The van der Waals surface area contributed by atoms with E-state index in [-0.39, 0.29) is 0 Å². The average molecular weight is 277 g/mol. The molecule has 1 aromatic carbocycles. The predicted molar refractivity (Wildman–Crippen MR) is 77.8 cm³/mol. The lowest BCUT2D eigenvalue weighted by Gasteiger charge is -2.20. The first-order valence-corrected chi connectivity index (χ1v) is 7.18. The highest BCUT2D eigenvalue weighted by Gasteiger charge is 2.17. The van der Waals surface area contributed by atoms with Crippen molar-refractivity contribution in [1.29, 1.82) is 0 Å². The predicted octanol–water partition coefficient (Wildman–Crippen LogP) is 2.49. The summed E-state index contributed by atoms with van der Waals surface area (Å²) in [7, 11) is 2.09. The Kier molecular flexibility index (Phi) is 5.15. The lowest BCUT2D eigenvalue weighted by atomic mass is 10.00. The van der Waals surface area contributed by atoms with E-state index in [2.05, 4.69) is 11.9 Å². The van der Waals surface area contributed by atoms with Gasteiger partial charge in [-0.2, -0.15) is 0 Å². The van der Waals surface area contributed by atoms with Gasteiger partial charge < -0.3 is 9.84 Å². The lowest BCUT2D eigenvalue weighted by Crippen LogP contribution is -2.28. The number of aliphatic carboxylic acids is 1. The first kappa shape index (κ1) is 15.0. The van der Waals surface area contributed by atoms with Crippen LogP contribution in [0.15, 0.2) is 24.3 Å². The normalized spacial score (nSPS) is 20.2. The van der Waals surface area contributed by atoms with Crippen molar-refractivity contribution in [3.05, 3.63) is 35.4 Å². The molecule has 1 N–H and O–H groups in total. The Labute approximate surface area is 120 Å². The Morgan fingerprint density at radius 1 is 1.45 bits per heavy atom. The molecule has 110 valence electrons. The van der Waals surface area contributed by atoms with Gasteiger partial charge >= 0.3 is 5.97 Å². The van der Waals surface area contributed by atoms with Gasteiger partial charge in [-0.05, 0) is 37.9 Å². The van der Waals surface area contributed by atoms with E-state index in [1.165, 1.54) is 12.0 Å². The van der Waals surface area contributed by atoms with Gasteiger partial charge in [0.2, 0.25) is 0 Å². The SMILES string of the molecule is CC(C(=O)O)c1ccc(CN(C)CC2CCCO2)cc1. The molecular weight excluding hydrogens is 254 g/mol. The molecule has 0 bridgehead atoms. The minimum absolute atomic E-state index is 0.367. The summed E-state index contributed by atoms with van der Waals surface area (Å²) in [6.07, 6.45) is 2.69. The zero-order valence-electron chi connectivity index (χ0n) is 12.2. The largest absolute Gasteiger partial charge is 0.481 e. The molecule has 0 radical (unpaired) electrons. The molecule has 2 unspecified atom stereocenters. The molecule has 2 rings (SSSR count). The third kappa shape index (κ3) is 4.05. The van der Waals surface area contributed by atoms with Gasteiger partial charge in [0.05, 0.1) is 12.0 Å². The van der Waals surface area contributed by atoms with Crippen molar-refractivity contribution >= 4 is 5.97 Å². The third-order valence-electron chi connectivity index (χ3n) is 3.84. The molecule has 2 atom stereocenters. The molecule has 0 amide bonds. The minimum atomic E-state index is -0.784. The summed E-state index contributed by atoms with van der Waals surface area (Å²) in [5, 5.41) is 8.99. The van der Waals surface area contributed by atoms with Gasteiger partial charge in [-0.1, -0.05) is 24.3 Å². The Hall–Kier alpha value is -1.39. The van der Waals surface area contributed by atoms with Crippen molar-refractivity contribution < 1.29 is 14.6 Å². The molecule has 1 saturated heterocycles. The van der Waals surface area contributed by atoms with Crippen molar-refractivity contribution in [2.75, 3.05) is 20.2 Å². The maximum absolute atomic E-state index is 10.9. The van der Waals surface area contributed by atoms with Gasteiger partial charge in [-0.3, -0.25) is 9.69 Å². The molecule has 4 heteroatoms. The summed E-state index contributed by atoms with van der Waals surface area (Å²) in [5.74, 6) is -1.23. The van der Waals surface area contributed by atoms with E-state index in [1.54, 1.807) is 6.92 Å². The average Bonchev–Trinajstić information content (AvgIpc) is 2.91. The van der Waals surface area contributed by atoms with Crippen molar-refractivity contribution in [2.24, 2.45) is 0 Å². The Bertz CT molecular complexity index is 438. The first-order chi connectivity index (χ1) is 9.56. The summed E-state index contributed by atoms with van der Waals surface area (Å²) >= 11 is 0. The smallest absolute Gasteiger partial charge is 0.310 e. The van der Waals surface area contributed by atoms with E-state index in [1.807, 2.05) is 24.3 Å². The van der Waals surface area contributed by atoms with Gasteiger partial charge in [0, 0.05) is 19.7 Å². The molecule has 1 aromatic rings. The van der Waals surface area contributed by atoms with E-state index in [9.17, 15) is 4.79 Å². The van der Waals surface area contributed by atoms with Crippen LogP contribution in [0.5, 0.6) is 0 Å². The van der Waals surface area contributed by atoms with Crippen LogP contribution < -0.4 is 0 Å². The molecule has 20 heavy (non-hydrogen) atoms. The fourth-order valence-electron chi connectivity index (χ4n) is 2.57. The molecule has 1 fully saturated rings. The van der Waals surface area contributed by atoms with E-state index in [4.69, 9.17) is 9.84 Å². The fourth-order valence-corrected chi connectivity index (χ4v) is 2.57. The lowest BCUT2D eigenvalue weighted by molar-refractivity contribution is -0.138. The molecule has 0 spiro atoms. The number of nitrogens with zero attached hydrogens (tertiary/aromatic N) is 1. The highest BCUT2D eigenvalue weighted by molar-refractivity contribution is 5.75. The molecule has 1 aliphatic heterocycles. The Balaban J connectivity index is 1.87. The molecule has 0 aliphatic carbocycles. The van der Waals surface area contributed by atoms with Crippen LogP contribution in [0, 0.1) is 0 Å². The zero-order valence-corrected chi connectivity index (χ0v) is 12.2. The van der Waals surface area contributed by atoms with Crippen LogP contribution in [0.2, 0.25) is 0 Å². The molecule has 4 nitrogen and oxygen atoms in total. The number of benzene rings is 1. The van der Waals surface area contributed by atoms with Gasteiger partial charge in [0.1, 0.15) is 0 Å². The third-order valence-corrected chi connectivity index (χ3v) is 3.84. The van der Waals surface area contributed by atoms with Gasteiger partial charge in [0.25, 0.3) is 0 Å². The zero-order chi connectivity index (χ0) is 14.5. The van der Waals surface area contributed by atoms with Crippen LogP contribution in [0.25, 0.3) is 0 Å². The number of carboxylic acids is 1. The van der Waals surface area contributed by atoms with Crippen molar-refractivity contribution in [1.82, 2.24) is 4.90 Å². The summed E-state index contributed by atoms with van der Waals surface area (Å²) < 4.78 is 5.63. The number of carboxylic acid groups (broad SMARTS) is 1. The standard InChI is InChI=1S/C16H23NO3/c1-12(16(18)19)14-7-5-13(6-8-14)10-17(2)11-15-4-3-9-20-15/h5-8,12,15H,3-4,9-11H2,1-2H3,(H,18,19). The number of ether oxygens (including phenoxy) is 1. The summed E-state index contributed by atoms with van der Waals surface area (Å²) in [4.78, 5) is 13.2. The van der Waals surface area contributed by atoms with Gasteiger partial charge in [0.15, 0.2) is 0 Å². The van der Waals surface area contributed by atoms with E-state index in [0.717, 1.165) is 31.7 Å². The maximum atomic E-state index is 10.9. The Morgan fingerprint density at radius 2 is 2.15 bits per heavy atom. The summed E-state index contributed by atoms with van der Waals surface area (Å²) in [6, 6.07) is 7.85. The van der Waals surface area contributed by atoms with Crippen LogP contribution >= 0.6 is 0 Å². The number of carbonyl (C=O) groups is 1. The second-order valence-electron chi connectivity index (χ2n) is 5.63. The van der Waals surface area contributed by atoms with Gasteiger partial charge in [-0.15, -0.1) is 0 Å². The van der Waals surface area contributed by atoms with E-state index < -0.39 is 11.9 Å². The molecule has 1 aliphatic rings.